The van der Waals surface area contributed by atoms with Crippen molar-refractivity contribution in [2.24, 2.45) is 0 Å². The average molecular weight is 147 g/mol. The minimum absolute atomic E-state index is 0.647. The van der Waals surface area contributed by atoms with Crippen LogP contribution in [0.3, 0.4) is 0 Å². The van der Waals surface area contributed by atoms with Gasteiger partial charge in [-0.1, -0.05) is 0 Å². The van der Waals surface area contributed by atoms with Gasteiger partial charge < -0.3 is 9.30 Å². The van der Waals surface area contributed by atoms with Crippen molar-refractivity contribution in [3.05, 3.63) is 42.4 Å². The summed E-state index contributed by atoms with van der Waals surface area (Å²) in [4.78, 5) is 0. The summed E-state index contributed by atoms with van der Waals surface area (Å²) in [5, 5.41) is 0. The molecule has 2 heterocycles. The molecule has 0 atom stereocenters. The van der Waals surface area contributed by atoms with Gasteiger partial charge in [0.05, 0.1) is 12.0 Å². The van der Waals surface area contributed by atoms with Crippen LogP contribution >= 0.6 is 0 Å². The Kier molecular flexibility index (Phi) is 1.52. The second-order valence-electron chi connectivity index (χ2n) is 2.39. The molecule has 0 bridgehead atoms. The second-order valence-corrected chi connectivity index (χ2v) is 2.39. The predicted octanol–water partition coefficient (Wildman–Crippen LogP) is 2.00. The summed E-state index contributed by atoms with van der Waals surface area (Å²) >= 11 is 0. The van der Waals surface area contributed by atoms with Gasteiger partial charge in [0.15, 0.2) is 0 Å². The Morgan fingerprint density at radius 1 is 1.36 bits per heavy atom. The highest BCUT2D eigenvalue weighted by Crippen LogP contribution is 2.06. The number of hydrogen-bond donors (Lipinski definition) is 0. The molecular weight excluding hydrogens is 138 g/mol. The molecule has 11 heavy (non-hydrogen) atoms. The van der Waals surface area contributed by atoms with Crippen molar-refractivity contribution in [2.75, 3.05) is 0 Å². The highest BCUT2D eigenvalue weighted by molar-refractivity contribution is 5.32. The van der Waals surface area contributed by atoms with E-state index in [1.165, 1.54) is 5.69 Å². The topological polar surface area (TPSA) is 14.2 Å². The van der Waals surface area contributed by atoms with Crippen LogP contribution in [0.2, 0.25) is 0 Å². The van der Waals surface area contributed by atoms with Crippen molar-refractivity contribution < 1.29 is 4.74 Å². The van der Waals surface area contributed by atoms with Crippen molar-refractivity contribution in [1.29, 1.82) is 0 Å². The van der Waals surface area contributed by atoms with E-state index >= 15 is 0 Å². The molecule has 0 amide bonds. The van der Waals surface area contributed by atoms with E-state index in [4.69, 9.17) is 4.74 Å². The number of fused-ring (bicyclic) bond motifs is 1. The van der Waals surface area contributed by atoms with Crippen molar-refractivity contribution in [2.45, 2.75) is 6.61 Å². The molecule has 2 nitrogen and oxygen atoms in total. The summed E-state index contributed by atoms with van der Waals surface area (Å²) < 4.78 is 7.25. The number of nitrogens with zero attached hydrogens (tertiary/aromatic N) is 1. The van der Waals surface area contributed by atoms with E-state index in [0.29, 0.717) is 6.61 Å². The third-order valence-corrected chi connectivity index (χ3v) is 1.63. The van der Waals surface area contributed by atoms with Crippen LogP contribution in [0.5, 0.6) is 0 Å². The largest absolute Gasteiger partial charge is 0.495 e. The van der Waals surface area contributed by atoms with E-state index in [-0.39, 0.29) is 0 Å². The zero-order valence-electron chi connectivity index (χ0n) is 6.10. The maximum absolute atomic E-state index is 5.21. The molecular formula is C9H9NO. The summed E-state index contributed by atoms with van der Waals surface area (Å²) in [5.74, 6) is 0. The maximum atomic E-state index is 5.21. The molecule has 56 valence electrons. The minimum atomic E-state index is 0.647. The lowest BCUT2D eigenvalue weighted by Gasteiger charge is -2.05. The quantitative estimate of drug-likeness (QED) is 0.547. The van der Waals surface area contributed by atoms with Crippen LogP contribution in [0, 0.1) is 0 Å². The molecule has 0 N–H and O–H groups in total. The monoisotopic (exact) mass is 147 g/mol. The van der Waals surface area contributed by atoms with Gasteiger partial charge >= 0.3 is 0 Å². The fourth-order valence-corrected chi connectivity index (χ4v) is 1.07. The van der Waals surface area contributed by atoms with E-state index < -0.39 is 0 Å². The van der Waals surface area contributed by atoms with Crippen LogP contribution in [0.25, 0.3) is 6.20 Å². The first-order valence-electron chi connectivity index (χ1n) is 3.57. The van der Waals surface area contributed by atoms with Gasteiger partial charge in [0, 0.05) is 12.4 Å². The molecule has 1 aromatic rings. The summed E-state index contributed by atoms with van der Waals surface area (Å²) in [6, 6.07) is 4.05. The van der Waals surface area contributed by atoms with Gasteiger partial charge in [-0.25, -0.2) is 0 Å². The van der Waals surface area contributed by atoms with E-state index in [2.05, 4.69) is 0 Å². The molecule has 1 aliphatic rings. The highest BCUT2D eigenvalue weighted by Gasteiger charge is 1.97. The van der Waals surface area contributed by atoms with Crippen LogP contribution in [-0.4, -0.2) is 4.57 Å². The Hall–Kier alpha value is -1.44. The Labute approximate surface area is 65.4 Å². The number of rotatable bonds is 0. The van der Waals surface area contributed by atoms with Crippen molar-refractivity contribution in [3.8, 4) is 0 Å². The maximum Gasteiger partial charge on any atom is 0.128 e. The van der Waals surface area contributed by atoms with Crippen molar-refractivity contribution in [1.82, 2.24) is 4.57 Å². The van der Waals surface area contributed by atoms with E-state index in [9.17, 15) is 0 Å². The lowest BCUT2D eigenvalue weighted by Crippen LogP contribution is -1.95. The van der Waals surface area contributed by atoms with E-state index in [0.717, 1.165) is 0 Å². The van der Waals surface area contributed by atoms with E-state index in [1.54, 1.807) is 6.26 Å². The zero-order valence-corrected chi connectivity index (χ0v) is 6.10. The standard InChI is InChI=1S/C9H9NO/c1-2-7-11-8-9-4-3-6-10(9)5-1/h1-7H,8H2/b5-1+,7-2-. The van der Waals surface area contributed by atoms with Crippen LogP contribution in [0.4, 0.5) is 0 Å². The Balaban J connectivity index is 2.39. The third kappa shape index (κ3) is 1.19. The van der Waals surface area contributed by atoms with Gasteiger partial charge in [-0.2, -0.15) is 0 Å². The summed E-state index contributed by atoms with van der Waals surface area (Å²) in [6.07, 6.45) is 9.54. The first-order chi connectivity index (χ1) is 5.47. The summed E-state index contributed by atoms with van der Waals surface area (Å²) in [6.45, 7) is 0.647. The Morgan fingerprint density at radius 2 is 2.36 bits per heavy atom. The molecule has 0 radical (unpaired) electrons. The number of allylic oxidation sites excluding steroid dienone is 2. The lowest BCUT2D eigenvalue weighted by atomic mass is 10.4. The van der Waals surface area contributed by atoms with Crippen molar-refractivity contribution in [3.63, 3.8) is 0 Å². The molecule has 0 unspecified atom stereocenters. The van der Waals surface area contributed by atoms with Gasteiger partial charge in [-0.05, 0) is 24.3 Å². The van der Waals surface area contributed by atoms with Gasteiger partial charge in [0.25, 0.3) is 0 Å². The van der Waals surface area contributed by atoms with Gasteiger partial charge in [-0.3, -0.25) is 0 Å². The van der Waals surface area contributed by atoms with Crippen LogP contribution in [-0.2, 0) is 11.3 Å². The molecule has 2 heteroatoms. The van der Waals surface area contributed by atoms with Crippen LogP contribution in [0.15, 0.2) is 36.7 Å². The number of aromatic nitrogens is 1. The van der Waals surface area contributed by atoms with Crippen LogP contribution in [0.1, 0.15) is 5.69 Å². The Bertz CT molecular complexity index is 296. The van der Waals surface area contributed by atoms with Gasteiger partial charge in [0.2, 0.25) is 0 Å². The minimum Gasteiger partial charge on any atom is -0.495 e. The van der Waals surface area contributed by atoms with Crippen LogP contribution < -0.4 is 0 Å². The molecule has 2 rings (SSSR count). The fourth-order valence-electron chi connectivity index (χ4n) is 1.07. The predicted molar refractivity (Wildman–Crippen MR) is 43.7 cm³/mol. The summed E-state index contributed by atoms with van der Waals surface area (Å²) in [7, 11) is 0. The highest BCUT2D eigenvalue weighted by atomic mass is 16.5. The normalized spacial score (nSPS) is 20.7. The fraction of sp³-hybridized carbons (Fsp3) is 0.111. The summed E-state index contributed by atoms with van der Waals surface area (Å²) in [5.41, 5.74) is 1.17. The Morgan fingerprint density at radius 3 is 3.36 bits per heavy atom. The first kappa shape index (κ1) is 6.28. The van der Waals surface area contributed by atoms with Crippen molar-refractivity contribution >= 4 is 6.20 Å². The second kappa shape index (κ2) is 2.66. The molecule has 1 aliphatic heterocycles. The van der Waals surface area contributed by atoms with E-state index in [1.807, 2.05) is 41.2 Å². The average Bonchev–Trinajstić information content (AvgIpc) is 2.35. The molecule has 0 fully saturated rings. The molecule has 0 spiro atoms. The SMILES string of the molecule is C1=C\OCc2cccn2/C=C/1. The van der Waals surface area contributed by atoms with Gasteiger partial charge in [-0.15, -0.1) is 0 Å². The smallest absolute Gasteiger partial charge is 0.128 e. The number of hydrogen-bond acceptors (Lipinski definition) is 1. The van der Waals surface area contributed by atoms with Gasteiger partial charge in [0.1, 0.15) is 6.61 Å². The molecule has 1 aromatic heterocycles. The molecule has 0 saturated carbocycles. The third-order valence-electron chi connectivity index (χ3n) is 1.63. The zero-order chi connectivity index (χ0) is 7.52. The molecule has 0 aromatic carbocycles. The lowest BCUT2D eigenvalue weighted by molar-refractivity contribution is 0.230. The molecule has 0 aliphatic carbocycles. The first-order valence-corrected chi connectivity index (χ1v) is 3.57. The number of ether oxygens (including phenoxy) is 1. The molecule has 0 saturated heterocycles.